The summed E-state index contributed by atoms with van der Waals surface area (Å²) in [6.07, 6.45) is 0.900. The standard InChI is InChI=1S/C11H9N3O2/c1-16-11(15)14-10(6-12)9-5-3-2-4-8(9)7-13-14/h2-5,7,10H,1H3. The largest absolute Gasteiger partial charge is 0.451 e. The Bertz CT molecular complexity index is 490. The number of hydrazone groups is 1. The minimum atomic E-state index is -0.728. The van der Waals surface area contributed by atoms with Crippen LogP contribution in [0.3, 0.4) is 0 Å². The van der Waals surface area contributed by atoms with Crippen molar-refractivity contribution in [1.82, 2.24) is 5.01 Å². The Kier molecular flexibility index (Phi) is 2.56. The van der Waals surface area contributed by atoms with Gasteiger partial charge in [0.15, 0.2) is 6.04 Å². The van der Waals surface area contributed by atoms with Gasteiger partial charge in [0, 0.05) is 5.56 Å². The van der Waals surface area contributed by atoms with Gasteiger partial charge in [-0.2, -0.15) is 15.4 Å². The quantitative estimate of drug-likeness (QED) is 0.661. The molecule has 5 nitrogen and oxygen atoms in total. The van der Waals surface area contributed by atoms with Crippen LogP contribution in [-0.2, 0) is 4.74 Å². The molecule has 1 aliphatic rings. The molecular weight excluding hydrogens is 206 g/mol. The molecule has 0 aromatic heterocycles. The van der Waals surface area contributed by atoms with Crippen molar-refractivity contribution in [1.29, 1.82) is 5.26 Å². The third kappa shape index (κ3) is 1.50. The molecular formula is C11H9N3O2. The zero-order valence-corrected chi connectivity index (χ0v) is 8.62. The van der Waals surface area contributed by atoms with Crippen molar-refractivity contribution in [3.8, 4) is 6.07 Å². The maximum atomic E-state index is 11.4. The van der Waals surface area contributed by atoms with Crippen molar-refractivity contribution >= 4 is 12.3 Å². The molecule has 1 unspecified atom stereocenters. The van der Waals surface area contributed by atoms with E-state index in [-0.39, 0.29) is 0 Å². The summed E-state index contributed by atoms with van der Waals surface area (Å²) in [5.41, 5.74) is 1.60. The van der Waals surface area contributed by atoms with E-state index in [4.69, 9.17) is 5.26 Å². The summed E-state index contributed by atoms with van der Waals surface area (Å²) in [6.45, 7) is 0. The van der Waals surface area contributed by atoms with E-state index in [1.807, 2.05) is 24.3 Å². The summed E-state index contributed by atoms with van der Waals surface area (Å²) in [5, 5.41) is 14.0. The molecule has 0 bridgehead atoms. The van der Waals surface area contributed by atoms with Crippen molar-refractivity contribution in [2.24, 2.45) is 5.10 Å². The van der Waals surface area contributed by atoms with E-state index < -0.39 is 12.1 Å². The number of fused-ring (bicyclic) bond motifs is 1. The molecule has 0 saturated carbocycles. The summed E-state index contributed by atoms with van der Waals surface area (Å²) >= 11 is 0. The van der Waals surface area contributed by atoms with Crippen molar-refractivity contribution in [3.05, 3.63) is 35.4 Å². The SMILES string of the molecule is COC(=O)N1N=Cc2ccccc2C1C#N. The van der Waals surface area contributed by atoms with Crippen LogP contribution in [0.1, 0.15) is 17.2 Å². The van der Waals surface area contributed by atoms with E-state index in [1.165, 1.54) is 7.11 Å². The normalized spacial score (nSPS) is 17.5. The van der Waals surface area contributed by atoms with Crippen molar-refractivity contribution in [2.45, 2.75) is 6.04 Å². The number of hydrogen-bond acceptors (Lipinski definition) is 4. The highest BCUT2D eigenvalue weighted by Gasteiger charge is 2.29. The van der Waals surface area contributed by atoms with Crippen LogP contribution in [0, 0.1) is 11.3 Å². The van der Waals surface area contributed by atoms with Gasteiger partial charge in [-0.05, 0) is 5.56 Å². The second-order valence-electron chi connectivity index (χ2n) is 3.22. The summed E-state index contributed by atoms with van der Waals surface area (Å²) in [4.78, 5) is 11.4. The van der Waals surface area contributed by atoms with Crippen molar-refractivity contribution in [3.63, 3.8) is 0 Å². The molecule has 0 N–H and O–H groups in total. The van der Waals surface area contributed by atoms with Gasteiger partial charge >= 0.3 is 6.09 Å². The predicted octanol–water partition coefficient (Wildman–Crippen LogP) is 1.67. The fourth-order valence-electron chi connectivity index (χ4n) is 1.57. The van der Waals surface area contributed by atoms with Crippen LogP contribution in [0.5, 0.6) is 0 Å². The van der Waals surface area contributed by atoms with Gasteiger partial charge in [-0.3, -0.25) is 0 Å². The molecule has 0 aliphatic carbocycles. The van der Waals surface area contributed by atoms with Crippen LogP contribution in [0.4, 0.5) is 4.79 Å². The van der Waals surface area contributed by atoms with E-state index in [9.17, 15) is 4.79 Å². The van der Waals surface area contributed by atoms with Gasteiger partial charge in [-0.25, -0.2) is 4.79 Å². The Morgan fingerprint density at radius 2 is 2.31 bits per heavy atom. The number of carbonyl (C=O) groups excluding carboxylic acids is 1. The second kappa shape index (κ2) is 4.03. The Labute approximate surface area is 92.5 Å². The van der Waals surface area contributed by atoms with E-state index in [0.29, 0.717) is 0 Å². The molecule has 0 fully saturated rings. The first-order valence-electron chi connectivity index (χ1n) is 4.67. The lowest BCUT2D eigenvalue weighted by molar-refractivity contribution is 0.115. The van der Waals surface area contributed by atoms with Gasteiger partial charge in [0.25, 0.3) is 0 Å². The van der Waals surface area contributed by atoms with E-state index >= 15 is 0 Å². The smallest absolute Gasteiger partial charge is 0.431 e. The topological polar surface area (TPSA) is 65.7 Å². The minimum Gasteiger partial charge on any atom is -0.451 e. The lowest BCUT2D eigenvalue weighted by Gasteiger charge is -2.25. The zero-order chi connectivity index (χ0) is 11.5. The van der Waals surface area contributed by atoms with Crippen LogP contribution >= 0.6 is 0 Å². The molecule has 5 heteroatoms. The van der Waals surface area contributed by atoms with E-state index in [2.05, 4.69) is 9.84 Å². The monoisotopic (exact) mass is 215 g/mol. The van der Waals surface area contributed by atoms with Crippen LogP contribution in [0.25, 0.3) is 0 Å². The lowest BCUT2D eigenvalue weighted by atomic mass is 10.0. The highest BCUT2D eigenvalue weighted by molar-refractivity contribution is 5.85. The number of carbonyl (C=O) groups is 1. The number of rotatable bonds is 0. The van der Waals surface area contributed by atoms with Crippen LogP contribution in [0.2, 0.25) is 0 Å². The van der Waals surface area contributed by atoms with Gasteiger partial charge < -0.3 is 4.74 Å². The molecule has 1 heterocycles. The number of benzene rings is 1. The van der Waals surface area contributed by atoms with Gasteiger partial charge in [-0.1, -0.05) is 24.3 Å². The maximum Gasteiger partial charge on any atom is 0.431 e. The first-order chi connectivity index (χ1) is 7.77. The summed E-state index contributed by atoms with van der Waals surface area (Å²) < 4.78 is 4.56. The molecule has 80 valence electrons. The number of methoxy groups -OCH3 is 1. The first kappa shape index (κ1) is 10.2. The molecule has 1 amide bonds. The second-order valence-corrected chi connectivity index (χ2v) is 3.22. The van der Waals surface area contributed by atoms with E-state index in [1.54, 1.807) is 12.3 Å². The van der Waals surface area contributed by atoms with Gasteiger partial charge in [0.2, 0.25) is 0 Å². The molecule has 0 saturated heterocycles. The average Bonchev–Trinajstić information content (AvgIpc) is 2.36. The number of hydrogen-bond donors (Lipinski definition) is 0. The summed E-state index contributed by atoms with van der Waals surface area (Å²) in [7, 11) is 1.26. The minimum absolute atomic E-state index is 0.641. The highest BCUT2D eigenvalue weighted by Crippen LogP contribution is 2.27. The van der Waals surface area contributed by atoms with Crippen molar-refractivity contribution in [2.75, 3.05) is 7.11 Å². The number of amides is 1. The lowest BCUT2D eigenvalue weighted by Crippen LogP contribution is -2.32. The third-order valence-electron chi connectivity index (χ3n) is 2.34. The summed E-state index contributed by atoms with van der Waals surface area (Å²) in [5.74, 6) is 0. The zero-order valence-electron chi connectivity index (χ0n) is 8.62. The average molecular weight is 215 g/mol. The molecule has 1 aliphatic heterocycles. The number of nitriles is 1. The Hall–Kier alpha value is -2.35. The molecule has 0 spiro atoms. The van der Waals surface area contributed by atoms with Gasteiger partial charge in [-0.15, -0.1) is 0 Å². The third-order valence-corrected chi connectivity index (χ3v) is 2.34. The molecule has 16 heavy (non-hydrogen) atoms. The van der Waals surface area contributed by atoms with Crippen LogP contribution < -0.4 is 0 Å². The van der Waals surface area contributed by atoms with Crippen molar-refractivity contribution < 1.29 is 9.53 Å². The maximum absolute atomic E-state index is 11.4. The Morgan fingerprint density at radius 1 is 1.56 bits per heavy atom. The molecule has 0 radical (unpaired) electrons. The number of nitrogens with zero attached hydrogens (tertiary/aromatic N) is 3. The van der Waals surface area contributed by atoms with Gasteiger partial charge in [0.05, 0.1) is 19.4 Å². The van der Waals surface area contributed by atoms with E-state index in [0.717, 1.165) is 16.1 Å². The Morgan fingerprint density at radius 3 is 3.00 bits per heavy atom. The van der Waals surface area contributed by atoms with Gasteiger partial charge in [0.1, 0.15) is 0 Å². The fourth-order valence-corrected chi connectivity index (χ4v) is 1.57. The summed E-state index contributed by atoms with van der Waals surface area (Å²) in [6, 6.07) is 8.62. The van der Waals surface area contributed by atoms with Crippen LogP contribution in [-0.4, -0.2) is 24.4 Å². The molecule has 1 atom stereocenters. The van der Waals surface area contributed by atoms with Crippen LogP contribution in [0.15, 0.2) is 29.4 Å². The number of ether oxygens (including phenoxy) is 1. The molecule has 1 aromatic rings. The predicted molar refractivity (Wildman–Crippen MR) is 56.6 cm³/mol. The Balaban J connectivity index is 2.45. The first-order valence-corrected chi connectivity index (χ1v) is 4.67. The fraction of sp³-hybridized carbons (Fsp3) is 0.182. The highest BCUT2D eigenvalue weighted by atomic mass is 16.5. The molecule has 1 aromatic carbocycles. The molecule has 2 rings (SSSR count).